The first kappa shape index (κ1) is 25.6. The van der Waals surface area contributed by atoms with Crippen LogP contribution in [0.1, 0.15) is 25.8 Å². The summed E-state index contributed by atoms with van der Waals surface area (Å²) in [5.74, 6) is -5.43. The number of carbonyl (C=O) groups is 5. The highest BCUT2D eigenvalue weighted by Crippen LogP contribution is 2.07. The monoisotopic (exact) mass is 436 g/mol. The van der Waals surface area contributed by atoms with Crippen LogP contribution in [0, 0.1) is 5.92 Å². The molecule has 7 N–H and O–H groups in total. The highest BCUT2D eigenvalue weighted by molar-refractivity contribution is 5.94. The van der Waals surface area contributed by atoms with Gasteiger partial charge >= 0.3 is 11.9 Å². The fourth-order valence-electron chi connectivity index (χ4n) is 2.74. The van der Waals surface area contributed by atoms with Crippen molar-refractivity contribution in [1.82, 2.24) is 16.0 Å². The van der Waals surface area contributed by atoms with Gasteiger partial charge in [-0.1, -0.05) is 44.2 Å². The SMILES string of the molecule is CC(C)C(NC(=O)C(Cc1ccccc1)NC(=O)CN)C(=O)NC(CC(=O)O)C(=O)O. The minimum atomic E-state index is -1.65. The molecule has 170 valence electrons. The second-order valence-electron chi connectivity index (χ2n) is 7.24. The summed E-state index contributed by atoms with van der Waals surface area (Å²) in [5, 5.41) is 25.1. The van der Waals surface area contributed by atoms with Crippen molar-refractivity contribution in [3.05, 3.63) is 35.9 Å². The lowest BCUT2D eigenvalue weighted by molar-refractivity contribution is -0.147. The van der Waals surface area contributed by atoms with Gasteiger partial charge in [0.2, 0.25) is 17.7 Å². The summed E-state index contributed by atoms with van der Waals surface area (Å²) >= 11 is 0. The Morgan fingerprint density at radius 1 is 0.903 bits per heavy atom. The second kappa shape index (κ2) is 12.3. The summed E-state index contributed by atoms with van der Waals surface area (Å²) in [6.45, 7) is 2.92. The standard InChI is InChI=1S/C20H28N4O7/c1-11(2)17(19(29)23-14(20(30)31)9-16(26)27)24-18(28)13(22-15(25)10-21)8-12-6-4-3-5-7-12/h3-7,11,13-14,17H,8-10,21H2,1-2H3,(H,22,25)(H,23,29)(H,24,28)(H,26,27)(H,30,31). The van der Waals surface area contributed by atoms with E-state index in [2.05, 4.69) is 16.0 Å². The normalized spacial score (nSPS) is 13.5. The van der Waals surface area contributed by atoms with Crippen molar-refractivity contribution in [1.29, 1.82) is 0 Å². The van der Waals surface area contributed by atoms with E-state index in [0.717, 1.165) is 5.56 Å². The molecular weight excluding hydrogens is 408 g/mol. The average molecular weight is 436 g/mol. The molecule has 0 heterocycles. The zero-order valence-corrected chi connectivity index (χ0v) is 17.3. The van der Waals surface area contributed by atoms with Crippen LogP contribution >= 0.6 is 0 Å². The molecule has 0 radical (unpaired) electrons. The Morgan fingerprint density at radius 3 is 2.00 bits per heavy atom. The predicted octanol–water partition coefficient (Wildman–Crippen LogP) is -1.14. The van der Waals surface area contributed by atoms with Crippen LogP contribution in [0.25, 0.3) is 0 Å². The van der Waals surface area contributed by atoms with Gasteiger partial charge in [-0.05, 0) is 11.5 Å². The number of hydrogen-bond donors (Lipinski definition) is 6. The molecule has 0 saturated carbocycles. The van der Waals surface area contributed by atoms with Crippen molar-refractivity contribution in [3.63, 3.8) is 0 Å². The number of carboxylic acid groups (broad SMARTS) is 2. The van der Waals surface area contributed by atoms with Gasteiger partial charge in [0, 0.05) is 6.42 Å². The first-order valence-corrected chi connectivity index (χ1v) is 9.63. The first-order valence-electron chi connectivity index (χ1n) is 9.63. The number of carboxylic acids is 2. The van der Waals surface area contributed by atoms with Crippen molar-refractivity contribution in [3.8, 4) is 0 Å². The van der Waals surface area contributed by atoms with Gasteiger partial charge in [-0.25, -0.2) is 4.79 Å². The molecule has 0 aromatic heterocycles. The Hall–Kier alpha value is -3.47. The lowest BCUT2D eigenvalue weighted by atomic mass is 10.0. The predicted molar refractivity (Wildman–Crippen MR) is 110 cm³/mol. The van der Waals surface area contributed by atoms with Crippen molar-refractivity contribution >= 4 is 29.7 Å². The summed E-state index contributed by atoms with van der Waals surface area (Å²) in [7, 11) is 0. The van der Waals surface area contributed by atoms with E-state index in [1.54, 1.807) is 44.2 Å². The van der Waals surface area contributed by atoms with Crippen LogP contribution in [-0.4, -0.2) is 64.5 Å². The molecule has 3 amide bonds. The number of nitrogens with two attached hydrogens (primary N) is 1. The largest absolute Gasteiger partial charge is 0.481 e. The van der Waals surface area contributed by atoms with Crippen LogP contribution in [0.3, 0.4) is 0 Å². The van der Waals surface area contributed by atoms with Gasteiger partial charge in [-0.2, -0.15) is 0 Å². The Labute approximate surface area is 179 Å². The summed E-state index contributed by atoms with van der Waals surface area (Å²) in [4.78, 5) is 59.3. The van der Waals surface area contributed by atoms with Gasteiger partial charge in [0.15, 0.2) is 0 Å². The average Bonchev–Trinajstić information content (AvgIpc) is 2.70. The minimum absolute atomic E-state index is 0.140. The van der Waals surface area contributed by atoms with E-state index in [-0.39, 0.29) is 13.0 Å². The number of benzene rings is 1. The first-order chi connectivity index (χ1) is 14.5. The van der Waals surface area contributed by atoms with E-state index in [9.17, 15) is 24.0 Å². The van der Waals surface area contributed by atoms with Gasteiger partial charge in [0.25, 0.3) is 0 Å². The number of carbonyl (C=O) groups excluding carboxylic acids is 3. The fourth-order valence-corrected chi connectivity index (χ4v) is 2.74. The molecule has 0 aliphatic carbocycles. The molecule has 3 atom stereocenters. The molecule has 0 bridgehead atoms. The number of amides is 3. The third-order valence-electron chi connectivity index (χ3n) is 4.36. The van der Waals surface area contributed by atoms with Crippen molar-refractivity contribution < 1.29 is 34.2 Å². The van der Waals surface area contributed by atoms with Crippen LogP contribution in [0.5, 0.6) is 0 Å². The maximum atomic E-state index is 12.9. The molecule has 3 unspecified atom stereocenters. The summed E-state index contributed by atoms with van der Waals surface area (Å²) in [6.07, 6.45) is -0.676. The summed E-state index contributed by atoms with van der Waals surface area (Å²) in [5.41, 5.74) is 6.08. The van der Waals surface area contributed by atoms with E-state index in [0.29, 0.717) is 0 Å². The van der Waals surface area contributed by atoms with Crippen LogP contribution < -0.4 is 21.7 Å². The van der Waals surface area contributed by atoms with Crippen LogP contribution in [-0.2, 0) is 30.4 Å². The van der Waals surface area contributed by atoms with Gasteiger partial charge in [0.1, 0.15) is 18.1 Å². The van der Waals surface area contributed by atoms with Crippen molar-refractivity contribution in [2.24, 2.45) is 11.7 Å². The van der Waals surface area contributed by atoms with Crippen LogP contribution in [0.4, 0.5) is 0 Å². The van der Waals surface area contributed by atoms with Crippen molar-refractivity contribution in [2.75, 3.05) is 6.54 Å². The van der Waals surface area contributed by atoms with Crippen LogP contribution in [0.2, 0.25) is 0 Å². The maximum absolute atomic E-state index is 12.9. The van der Waals surface area contributed by atoms with Crippen molar-refractivity contribution in [2.45, 2.75) is 44.8 Å². The minimum Gasteiger partial charge on any atom is -0.481 e. The third kappa shape index (κ3) is 8.83. The second-order valence-corrected chi connectivity index (χ2v) is 7.24. The molecule has 1 rings (SSSR count). The molecule has 0 aliphatic rings. The number of aliphatic carboxylic acids is 2. The number of nitrogens with one attached hydrogen (secondary N) is 3. The van der Waals surface area contributed by atoms with Crippen LogP contribution in [0.15, 0.2) is 30.3 Å². The number of rotatable bonds is 12. The Morgan fingerprint density at radius 2 is 1.52 bits per heavy atom. The molecule has 1 aromatic carbocycles. The van der Waals surface area contributed by atoms with E-state index >= 15 is 0 Å². The number of hydrogen-bond acceptors (Lipinski definition) is 6. The van der Waals surface area contributed by atoms with E-state index in [1.165, 1.54) is 0 Å². The van der Waals surface area contributed by atoms with E-state index in [1.807, 2.05) is 0 Å². The Kier molecular flexibility index (Phi) is 10.1. The van der Waals surface area contributed by atoms with Gasteiger partial charge in [-0.3, -0.25) is 19.2 Å². The quantitative estimate of drug-likeness (QED) is 0.237. The molecule has 0 aliphatic heterocycles. The highest BCUT2D eigenvalue weighted by Gasteiger charge is 2.32. The summed E-state index contributed by atoms with van der Waals surface area (Å²) in [6, 6.07) is 5.04. The molecule has 11 heteroatoms. The summed E-state index contributed by atoms with van der Waals surface area (Å²) < 4.78 is 0. The Bertz CT molecular complexity index is 798. The molecule has 11 nitrogen and oxygen atoms in total. The van der Waals surface area contributed by atoms with E-state index in [4.69, 9.17) is 15.9 Å². The molecule has 0 spiro atoms. The van der Waals surface area contributed by atoms with Gasteiger partial charge in [0.05, 0.1) is 13.0 Å². The lowest BCUT2D eigenvalue weighted by Crippen LogP contribution is -2.58. The molecule has 1 aromatic rings. The third-order valence-corrected chi connectivity index (χ3v) is 4.36. The molecule has 31 heavy (non-hydrogen) atoms. The zero-order chi connectivity index (χ0) is 23.6. The lowest BCUT2D eigenvalue weighted by Gasteiger charge is -2.26. The zero-order valence-electron chi connectivity index (χ0n) is 17.3. The fraction of sp³-hybridized carbons (Fsp3) is 0.450. The van der Waals surface area contributed by atoms with Gasteiger partial charge in [-0.15, -0.1) is 0 Å². The smallest absolute Gasteiger partial charge is 0.326 e. The molecule has 0 fully saturated rings. The topological polar surface area (TPSA) is 188 Å². The molecular formula is C20H28N4O7. The van der Waals surface area contributed by atoms with E-state index < -0.39 is 60.1 Å². The Balaban J connectivity index is 2.98. The van der Waals surface area contributed by atoms with Gasteiger partial charge < -0.3 is 31.9 Å². The molecule has 0 saturated heterocycles. The highest BCUT2D eigenvalue weighted by atomic mass is 16.4. The maximum Gasteiger partial charge on any atom is 0.326 e.